The molecule has 10 heteroatoms. The molecule has 2 saturated heterocycles. The average molecular weight is 464 g/mol. The van der Waals surface area contributed by atoms with Crippen molar-refractivity contribution in [2.24, 2.45) is 0 Å². The summed E-state index contributed by atoms with van der Waals surface area (Å²) in [7, 11) is -2.79. The SMILES string of the molecule is Cc1cc(Nc2ncc3cc(Cl)c(C4CCN(C5CS(=O)(=O)C5)CC4)cc3n2)sn1. The third kappa shape index (κ3) is 4.03. The second-order valence-corrected chi connectivity index (χ2v) is 11.5. The van der Waals surface area contributed by atoms with E-state index in [9.17, 15) is 8.42 Å². The van der Waals surface area contributed by atoms with E-state index in [4.69, 9.17) is 11.6 Å². The second kappa shape index (κ2) is 7.71. The largest absolute Gasteiger partial charge is 0.314 e. The Morgan fingerprint density at radius 2 is 1.97 bits per heavy atom. The topological polar surface area (TPSA) is 88.1 Å². The van der Waals surface area contributed by atoms with Gasteiger partial charge in [-0.1, -0.05) is 11.6 Å². The molecule has 0 atom stereocenters. The molecule has 0 bridgehead atoms. The first kappa shape index (κ1) is 20.1. The fourth-order valence-corrected chi connectivity index (χ4v) is 6.78. The van der Waals surface area contributed by atoms with E-state index in [0.29, 0.717) is 23.4 Å². The third-order valence-electron chi connectivity index (χ3n) is 5.94. The summed E-state index contributed by atoms with van der Waals surface area (Å²) in [6.45, 7) is 3.76. The number of piperidine rings is 1. The van der Waals surface area contributed by atoms with E-state index < -0.39 is 9.84 Å². The van der Waals surface area contributed by atoms with Crippen LogP contribution in [-0.4, -0.2) is 58.3 Å². The average Bonchev–Trinajstić information content (AvgIpc) is 3.10. The number of anilines is 2. The van der Waals surface area contributed by atoms with E-state index in [2.05, 4.69) is 30.6 Å². The van der Waals surface area contributed by atoms with E-state index in [1.54, 1.807) is 6.20 Å². The molecule has 1 aromatic carbocycles. The fraction of sp³-hybridized carbons (Fsp3) is 0.450. The van der Waals surface area contributed by atoms with Crippen LogP contribution in [0.4, 0.5) is 10.9 Å². The lowest BCUT2D eigenvalue weighted by molar-refractivity contribution is 0.166. The van der Waals surface area contributed by atoms with Crippen LogP contribution in [0.2, 0.25) is 5.02 Å². The van der Waals surface area contributed by atoms with Crippen LogP contribution >= 0.6 is 23.1 Å². The lowest BCUT2D eigenvalue weighted by Crippen LogP contribution is -2.55. The Morgan fingerprint density at radius 3 is 2.63 bits per heavy atom. The van der Waals surface area contributed by atoms with E-state index in [0.717, 1.165) is 58.1 Å². The fourth-order valence-electron chi connectivity index (χ4n) is 4.30. The minimum Gasteiger partial charge on any atom is -0.314 e. The lowest BCUT2D eigenvalue weighted by atomic mass is 9.88. The molecule has 2 aliphatic rings. The summed E-state index contributed by atoms with van der Waals surface area (Å²) in [6, 6.07) is 6.18. The summed E-state index contributed by atoms with van der Waals surface area (Å²) >= 11 is 8.00. The molecule has 7 nitrogen and oxygen atoms in total. The summed E-state index contributed by atoms with van der Waals surface area (Å²) in [4.78, 5) is 11.4. The van der Waals surface area contributed by atoms with Gasteiger partial charge in [0.25, 0.3) is 0 Å². The molecule has 2 aromatic heterocycles. The Labute approximate surface area is 184 Å². The van der Waals surface area contributed by atoms with Crippen LogP contribution in [0, 0.1) is 6.92 Å². The third-order valence-corrected chi connectivity index (χ3v) is 8.85. The number of halogens is 1. The Balaban J connectivity index is 1.33. The molecule has 158 valence electrons. The monoisotopic (exact) mass is 463 g/mol. The number of likely N-dealkylation sites (tertiary alicyclic amines) is 1. The number of sulfone groups is 1. The molecular formula is C20H22ClN5O2S2. The van der Waals surface area contributed by atoms with Crippen LogP contribution in [0.1, 0.15) is 30.0 Å². The number of rotatable bonds is 4. The van der Waals surface area contributed by atoms with Gasteiger partial charge in [0.15, 0.2) is 9.84 Å². The van der Waals surface area contributed by atoms with Crippen molar-refractivity contribution >= 4 is 54.8 Å². The molecule has 0 radical (unpaired) electrons. The number of aromatic nitrogens is 3. The van der Waals surface area contributed by atoms with Gasteiger partial charge in [0.05, 0.1) is 22.7 Å². The normalized spacial score (nSPS) is 20.3. The van der Waals surface area contributed by atoms with E-state index >= 15 is 0 Å². The number of fused-ring (bicyclic) bond motifs is 1. The standard InChI is InChI=1S/C20H22ClN5O2S2/c1-12-6-19(29-25-12)24-20-22-9-14-7-17(21)16(8-18(14)23-20)13-2-4-26(5-3-13)15-10-30(27,28)11-15/h6-9,13,15H,2-5,10-11H2,1H3,(H,22,23,24). The lowest BCUT2D eigenvalue weighted by Gasteiger charge is -2.41. The van der Waals surface area contributed by atoms with Crippen molar-refractivity contribution in [2.75, 3.05) is 29.9 Å². The molecular weight excluding hydrogens is 442 g/mol. The van der Waals surface area contributed by atoms with Crippen molar-refractivity contribution in [1.82, 2.24) is 19.2 Å². The summed E-state index contributed by atoms with van der Waals surface area (Å²) in [5.74, 6) is 1.51. The van der Waals surface area contributed by atoms with Gasteiger partial charge in [-0.2, -0.15) is 4.37 Å². The summed E-state index contributed by atoms with van der Waals surface area (Å²) < 4.78 is 27.2. The van der Waals surface area contributed by atoms with Crippen LogP contribution < -0.4 is 5.32 Å². The quantitative estimate of drug-likeness (QED) is 0.630. The molecule has 2 fully saturated rings. The van der Waals surface area contributed by atoms with Gasteiger partial charge >= 0.3 is 0 Å². The van der Waals surface area contributed by atoms with Gasteiger partial charge in [-0.25, -0.2) is 18.4 Å². The van der Waals surface area contributed by atoms with Gasteiger partial charge in [0.1, 0.15) is 5.00 Å². The Hall–Kier alpha value is -1.81. The van der Waals surface area contributed by atoms with E-state index in [-0.39, 0.29) is 6.04 Å². The number of nitrogens with one attached hydrogen (secondary N) is 1. The van der Waals surface area contributed by atoms with Gasteiger partial charge in [-0.3, -0.25) is 4.90 Å². The number of nitrogens with zero attached hydrogens (tertiary/aromatic N) is 4. The minimum atomic E-state index is -2.79. The molecule has 0 amide bonds. The molecule has 1 N–H and O–H groups in total. The predicted molar refractivity (Wildman–Crippen MR) is 121 cm³/mol. The van der Waals surface area contributed by atoms with Crippen molar-refractivity contribution in [2.45, 2.75) is 31.7 Å². The molecule has 4 heterocycles. The first-order valence-corrected chi connectivity index (χ1v) is 12.9. The highest BCUT2D eigenvalue weighted by Crippen LogP contribution is 2.36. The summed E-state index contributed by atoms with van der Waals surface area (Å²) in [5, 5.41) is 5.78. The first-order valence-electron chi connectivity index (χ1n) is 9.97. The highest BCUT2D eigenvalue weighted by atomic mass is 35.5. The van der Waals surface area contributed by atoms with Gasteiger partial charge in [-0.05, 0) is 74.1 Å². The van der Waals surface area contributed by atoms with Crippen LogP contribution in [-0.2, 0) is 9.84 Å². The number of hydrogen-bond acceptors (Lipinski definition) is 8. The maximum absolute atomic E-state index is 11.5. The molecule has 5 rings (SSSR count). The maximum atomic E-state index is 11.5. The zero-order valence-electron chi connectivity index (χ0n) is 16.5. The van der Waals surface area contributed by atoms with Crippen molar-refractivity contribution in [3.63, 3.8) is 0 Å². The predicted octanol–water partition coefficient (Wildman–Crippen LogP) is 3.77. The molecule has 30 heavy (non-hydrogen) atoms. The van der Waals surface area contributed by atoms with Crippen molar-refractivity contribution in [3.8, 4) is 0 Å². The molecule has 3 aromatic rings. The highest BCUT2D eigenvalue weighted by Gasteiger charge is 2.39. The van der Waals surface area contributed by atoms with E-state index in [1.807, 2.05) is 19.1 Å². The Morgan fingerprint density at radius 1 is 1.20 bits per heavy atom. The van der Waals surface area contributed by atoms with Crippen LogP contribution in [0.5, 0.6) is 0 Å². The van der Waals surface area contributed by atoms with E-state index in [1.165, 1.54) is 11.5 Å². The second-order valence-electron chi connectivity index (χ2n) is 8.12. The van der Waals surface area contributed by atoms with Crippen molar-refractivity contribution in [3.05, 3.63) is 40.7 Å². The van der Waals surface area contributed by atoms with Crippen molar-refractivity contribution < 1.29 is 8.42 Å². The Kier molecular flexibility index (Phi) is 5.17. The van der Waals surface area contributed by atoms with Gasteiger partial charge in [0.2, 0.25) is 5.95 Å². The molecule has 0 aliphatic carbocycles. The highest BCUT2D eigenvalue weighted by molar-refractivity contribution is 7.92. The minimum absolute atomic E-state index is 0.194. The molecule has 0 spiro atoms. The van der Waals surface area contributed by atoms with Gasteiger partial charge < -0.3 is 5.32 Å². The van der Waals surface area contributed by atoms with Crippen LogP contribution in [0.25, 0.3) is 10.9 Å². The summed E-state index contributed by atoms with van der Waals surface area (Å²) in [5.41, 5.74) is 2.94. The molecule has 0 unspecified atom stereocenters. The van der Waals surface area contributed by atoms with Gasteiger partial charge in [0, 0.05) is 22.6 Å². The Bertz CT molecular complexity index is 1190. The van der Waals surface area contributed by atoms with Crippen molar-refractivity contribution in [1.29, 1.82) is 0 Å². The zero-order valence-corrected chi connectivity index (χ0v) is 18.9. The zero-order chi connectivity index (χ0) is 20.9. The molecule has 0 saturated carbocycles. The smallest absolute Gasteiger partial charge is 0.228 e. The maximum Gasteiger partial charge on any atom is 0.228 e. The number of benzene rings is 1. The molecule has 2 aliphatic heterocycles. The number of aryl methyl sites for hydroxylation is 1. The van der Waals surface area contributed by atoms with Gasteiger partial charge in [-0.15, -0.1) is 0 Å². The van der Waals surface area contributed by atoms with Crippen LogP contribution in [0.3, 0.4) is 0 Å². The number of hydrogen-bond donors (Lipinski definition) is 1. The van der Waals surface area contributed by atoms with Crippen LogP contribution in [0.15, 0.2) is 24.4 Å². The summed E-state index contributed by atoms with van der Waals surface area (Å²) in [6.07, 6.45) is 3.73. The first-order chi connectivity index (χ1) is 14.4.